The van der Waals surface area contributed by atoms with Crippen LogP contribution in [0.1, 0.15) is 5.69 Å². The van der Waals surface area contributed by atoms with Crippen molar-refractivity contribution in [2.45, 2.75) is 11.3 Å². The highest BCUT2D eigenvalue weighted by atomic mass is 32.2. The molecule has 21 heavy (non-hydrogen) atoms. The van der Waals surface area contributed by atoms with Crippen molar-refractivity contribution in [1.82, 2.24) is 4.98 Å². The van der Waals surface area contributed by atoms with Gasteiger partial charge in [-0.2, -0.15) is 0 Å². The van der Waals surface area contributed by atoms with E-state index < -0.39 is 0 Å². The van der Waals surface area contributed by atoms with E-state index in [4.69, 9.17) is 5.73 Å². The topological polar surface area (TPSA) is 68.0 Å². The Morgan fingerprint density at radius 2 is 2.14 bits per heavy atom. The number of thioether (sulfide) groups is 1. The molecule has 2 rings (SSSR count). The molecule has 4 nitrogen and oxygen atoms in total. The Morgan fingerprint density at radius 3 is 2.86 bits per heavy atom. The van der Waals surface area contributed by atoms with Crippen molar-refractivity contribution in [3.05, 3.63) is 60.9 Å². The van der Waals surface area contributed by atoms with Crippen LogP contribution in [-0.2, 0) is 11.2 Å². The number of carbonyl (C=O) groups is 1. The van der Waals surface area contributed by atoms with Gasteiger partial charge in [0.2, 0.25) is 5.91 Å². The molecule has 0 aliphatic carbocycles. The van der Waals surface area contributed by atoms with Crippen LogP contribution in [-0.4, -0.2) is 16.6 Å². The summed E-state index contributed by atoms with van der Waals surface area (Å²) >= 11 is 1.63. The van der Waals surface area contributed by atoms with Crippen molar-refractivity contribution in [1.29, 1.82) is 0 Å². The number of hydrogen-bond acceptors (Lipinski definition) is 4. The van der Waals surface area contributed by atoms with Gasteiger partial charge in [-0.05, 0) is 24.3 Å². The Hall–Kier alpha value is -2.27. The highest BCUT2D eigenvalue weighted by molar-refractivity contribution is 7.99. The molecule has 0 atom stereocenters. The number of nitrogens with two attached hydrogens (primary N) is 1. The normalized spacial score (nSPS) is 10.1. The van der Waals surface area contributed by atoms with E-state index in [1.807, 2.05) is 30.3 Å². The fourth-order valence-corrected chi connectivity index (χ4v) is 2.49. The largest absolute Gasteiger partial charge is 0.397 e. The smallest absolute Gasteiger partial charge is 0.230 e. The first kappa shape index (κ1) is 15.1. The predicted octanol–water partition coefficient (Wildman–Crippen LogP) is 3.12. The van der Waals surface area contributed by atoms with Crippen molar-refractivity contribution in [3.8, 4) is 0 Å². The number of pyridine rings is 1. The van der Waals surface area contributed by atoms with Crippen molar-refractivity contribution in [2.24, 2.45) is 0 Å². The SMILES string of the molecule is C=CCSc1ccccc1NC(=O)Cc1ccc(N)cn1. The second-order valence-corrected chi connectivity index (χ2v) is 5.47. The third kappa shape index (κ3) is 4.65. The Morgan fingerprint density at radius 1 is 1.33 bits per heavy atom. The average molecular weight is 299 g/mol. The summed E-state index contributed by atoms with van der Waals surface area (Å²) in [5.74, 6) is 0.700. The van der Waals surface area contributed by atoms with Gasteiger partial charge >= 0.3 is 0 Å². The van der Waals surface area contributed by atoms with Gasteiger partial charge in [-0.1, -0.05) is 18.2 Å². The number of nitrogens with one attached hydrogen (secondary N) is 1. The van der Waals surface area contributed by atoms with Crippen LogP contribution in [0.2, 0.25) is 0 Å². The van der Waals surface area contributed by atoms with E-state index in [0.717, 1.165) is 16.3 Å². The maximum atomic E-state index is 12.1. The van der Waals surface area contributed by atoms with Crippen molar-refractivity contribution in [3.63, 3.8) is 0 Å². The van der Waals surface area contributed by atoms with Gasteiger partial charge in [0.1, 0.15) is 0 Å². The molecule has 0 aliphatic heterocycles. The minimum atomic E-state index is -0.0982. The van der Waals surface area contributed by atoms with Crippen LogP contribution in [0.5, 0.6) is 0 Å². The second kappa shape index (κ2) is 7.50. The highest BCUT2D eigenvalue weighted by Crippen LogP contribution is 2.26. The molecule has 2 aromatic rings. The molecular formula is C16H17N3OS. The van der Waals surface area contributed by atoms with E-state index in [1.165, 1.54) is 0 Å². The number of para-hydroxylation sites is 1. The molecule has 1 aromatic heterocycles. The highest BCUT2D eigenvalue weighted by Gasteiger charge is 2.08. The van der Waals surface area contributed by atoms with Crippen molar-refractivity contribution in [2.75, 3.05) is 16.8 Å². The van der Waals surface area contributed by atoms with Crippen LogP contribution in [0.4, 0.5) is 11.4 Å². The van der Waals surface area contributed by atoms with Gasteiger partial charge in [-0.15, -0.1) is 18.3 Å². The van der Waals surface area contributed by atoms with Crippen LogP contribution in [0.15, 0.2) is 60.1 Å². The van der Waals surface area contributed by atoms with Crippen LogP contribution in [0.25, 0.3) is 0 Å². The van der Waals surface area contributed by atoms with Crippen molar-refractivity contribution < 1.29 is 4.79 Å². The molecule has 3 N–H and O–H groups in total. The van der Waals surface area contributed by atoms with Crippen LogP contribution >= 0.6 is 11.8 Å². The molecule has 0 bridgehead atoms. The molecule has 1 aromatic carbocycles. The predicted molar refractivity (Wildman–Crippen MR) is 88.3 cm³/mol. The molecule has 0 fully saturated rings. The van der Waals surface area contributed by atoms with E-state index in [1.54, 1.807) is 30.1 Å². The maximum Gasteiger partial charge on any atom is 0.230 e. The number of anilines is 2. The van der Waals surface area contributed by atoms with Gasteiger partial charge in [-0.3, -0.25) is 9.78 Å². The van der Waals surface area contributed by atoms with Gasteiger partial charge in [-0.25, -0.2) is 0 Å². The lowest BCUT2D eigenvalue weighted by Gasteiger charge is -2.10. The molecule has 0 aliphatic rings. The molecular weight excluding hydrogens is 282 g/mol. The minimum absolute atomic E-state index is 0.0982. The molecule has 0 spiro atoms. The summed E-state index contributed by atoms with van der Waals surface area (Å²) < 4.78 is 0. The number of benzene rings is 1. The van der Waals surface area contributed by atoms with Gasteiger partial charge in [0, 0.05) is 16.3 Å². The van der Waals surface area contributed by atoms with E-state index in [9.17, 15) is 4.79 Å². The first-order chi connectivity index (χ1) is 10.2. The van der Waals surface area contributed by atoms with E-state index in [2.05, 4.69) is 16.9 Å². The Labute approximate surface area is 128 Å². The maximum absolute atomic E-state index is 12.1. The number of carbonyl (C=O) groups excluding carboxylic acids is 1. The van der Waals surface area contributed by atoms with Crippen molar-refractivity contribution >= 4 is 29.0 Å². The Balaban J connectivity index is 2.02. The number of nitrogen functional groups attached to an aromatic ring is 1. The monoisotopic (exact) mass is 299 g/mol. The summed E-state index contributed by atoms with van der Waals surface area (Å²) in [6.07, 6.45) is 3.61. The minimum Gasteiger partial charge on any atom is -0.397 e. The summed E-state index contributed by atoms with van der Waals surface area (Å²) in [7, 11) is 0. The fourth-order valence-electron chi connectivity index (χ4n) is 1.74. The summed E-state index contributed by atoms with van der Waals surface area (Å²) in [6.45, 7) is 3.70. The number of amides is 1. The summed E-state index contributed by atoms with van der Waals surface area (Å²) in [5.41, 5.74) is 7.66. The molecule has 5 heteroatoms. The lowest BCUT2D eigenvalue weighted by molar-refractivity contribution is -0.115. The summed E-state index contributed by atoms with van der Waals surface area (Å²) in [6, 6.07) is 11.2. The average Bonchev–Trinajstić information content (AvgIpc) is 2.49. The lowest BCUT2D eigenvalue weighted by atomic mass is 10.2. The zero-order valence-electron chi connectivity index (χ0n) is 11.6. The van der Waals surface area contributed by atoms with E-state index >= 15 is 0 Å². The molecule has 0 saturated heterocycles. The second-order valence-electron chi connectivity index (χ2n) is 4.40. The van der Waals surface area contributed by atoms with Crippen LogP contribution in [0, 0.1) is 0 Å². The Bertz CT molecular complexity index is 626. The zero-order chi connectivity index (χ0) is 15.1. The molecule has 108 valence electrons. The van der Waals surface area contributed by atoms with E-state index in [-0.39, 0.29) is 12.3 Å². The quantitative estimate of drug-likeness (QED) is 0.635. The number of hydrogen-bond donors (Lipinski definition) is 2. The molecule has 0 saturated carbocycles. The summed E-state index contributed by atoms with van der Waals surface area (Å²) in [5, 5.41) is 2.92. The van der Waals surface area contributed by atoms with E-state index in [0.29, 0.717) is 11.4 Å². The lowest BCUT2D eigenvalue weighted by Crippen LogP contribution is -2.15. The molecule has 1 amide bonds. The third-order valence-corrected chi connectivity index (χ3v) is 3.78. The number of nitrogens with zero attached hydrogens (tertiary/aromatic N) is 1. The van der Waals surface area contributed by atoms with Crippen LogP contribution < -0.4 is 11.1 Å². The number of aromatic nitrogens is 1. The van der Waals surface area contributed by atoms with Gasteiger partial charge in [0.15, 0.2) is 0 Å². The van der Waals surface area contributed by atoms with Gasteiger partial charge < -0.3 is 11.1 Å². The fraction of sp³-hybridized carbons (Fsp3) is 0.125. The molecule has 0 unspecified atom stereocenters. The molecule has 0 radical (unpaired) electrons. The number of rotatable bonds is 6. The first-order valence-electron chi connectivity index (χ1n) is 6.52. The third-order valence-electron chi connectivity index (χ3n) is 2.71. The van der Waals surface area contributed by atoms with Gasteiger partial charge in [0.25, 0.3) is 0 Å². The molecule has 1 heterocycles. The first-order valence-corrected chi connectivity index (χ1v) is 7.50. The standard InChI is InChI=1S/C16H17N3OS/c1-2-9-21-15-6-4-3-5-14(15)19-16(20)10-13-8-7-12(17)11-18-13/h2-8,11H,1,9-10,17H2,(H,19,20). The van der Waals surface area contributed by atoms with Gasteiger partial charge in [0.05, 0.1) is 24.0 Å². The van der Waals surface area contributed by atoms with Crippen LogP contribution in [0.3, 0.4) is 0 Å². The summed E-state index contributed by atoms with van der Waals surface area (Å²) in [4.78, 5) is 17.2. The Kier molecular flexibility index (Phi) is 5.40. The zero-order valence-corrected chi connectivity index (χ0v) is 12.4.